The van der Waals surface area contributed by atoms with Crippen molar-refractivity contribution in [3.8, 4) is 11.7 Å². The molecule has 28 heavy (non-hydrogen) atoms. The van der Waals surface area contributed by atoms with Gasteiger partial charge in [-0.05, 0) is 37.5 Å². The Morgan fingerprint density at radius 2 is 1.71 bits per heavy atom. The number of hydrogen-bond donors (Lipinski definition) is 1. The van der Waals surface area contributed by atoms with Crippen molar-refractivity contribution in [3.05, 3.63) is 54.1 Å². The monoisotopic (exact) mass is 377 g/mol. The first-order valence-electron chi connectivity index (χ1n) is 9.77. The summed E-state index contributed by atoms with van der Waals surface area (Å²) in [5.74, 6) is 1.69. The van der Waals surface area contributed by atoms with Gasteiger partial charge < -0.3 is 10.0 Å². The quantitative estimate of drug-likeness (QED) is 0.739. The van der Waals surface area contributed by atoms with Crippen molar-refractivity contribution in [2.24, 2.45) is 0 Å². The largest absolute Gasteiger partial charge is 0.493 e. The molecule has 5 rings (SSSR count). The molecule has 8 nitrogen and oxygen atoms in total. The van der Waals surface area contributed by atoms with E-state index in [2.05, 4.69) is 29.9 Å². The van der Waals surface area contributed by atoms with E-state index in [0.29, 0.717) is 11.9 Å². The maximum absolute atomic E-state index is 10.8. The fourth-order valence-corrected chi connectivity index (χ4v) is 4.23. The summed E-state index contributed by atoms with van der Waals surface area (Å²) in [5, 5.41) is 15.4. The van der Waals surface area contributed by atoms with Crippen molar-refractivity contribution in [2.45, 2.75) is 25.3 Å². The van der Waals surface area contributed by atoms with Gasteiger partial charge in [-0.25, -0.2) is 15.0 Å². The van der Waals surface area contributed by atoms with Gasteiger partial charge in [0.15, 0.2) is 5.82 Å². The first-order chi connectivity index (χ1) is 13.8. The Kier molecular flexibility index (Phi) is 4.40. The van der Waals surface area contributed by atoms with E-state index in [0.717, 1.165) is 62.6 Å². The Morgan fingerprint density at radius 1 is 0.929 bits per heavy atom. The molecule has 3 aromatic heterocycles. The molecular weight excluding hydrogens is 354 g/mol. The van der Waals surface area contributed by atoms with E-state index in [1.165, 1.54) is 0 Å². The van der Waals surface area contributed by atoms with Crippen molar-refractivity contribution in [3.63, 3.8) is 0 Å². The molecule has 2 aliphatic rings. The lowest BCUT2D eigenvalue weighted by molar-refractivity contribution is 0.168. The molecule has 1 atom stereocenters. The Balaban J connectivity index is 1.28. The van der Waals surface area contributed by atoms with Gasteiger partial charge in [0.2, 0.25) is 11.8 Å². The zero-order valence-corrected chi connectivity index (χ0v) is 15.6. The number of anilines is 1. The predicted molar refractivity (Wildman–Crippen MR) is 105 cm³/mol. The zero-order valence-electron chi connectivity index (χ0n) is 15.6. The number of fused-ring (bicyclic) bond motifs is 1. The number of aromatic hydroxyl groups is 1. The Bertz CT molecular complexity index is 936. The van der Waals surface area contributed by atoms with Crippen LogP contribution >= 0.6 is 0 Å². The van der Waals surface area contributed by atoms with E-state index in [9.17, 15) is 5.11 Å². The number of hydrogen-bond acceptors (Lipinski definition) is 7. The molecule has 1 unspecified atom stereocenters. The maximum Gasteiger partial charge on any atom is 0.225 e. The van der Waals surface area contributed by atoms with Crippen LogP contribution in [-0.4, -0.2) is 67.0 Å². The Hall–Kier alpha value is -3.00. The van der Waals surface area contributed by atoms with Crippen LogP contribution in [0.2, 0.25) is 0 Å². The molecule has 4 heterocycles. The summed E-state index contributed by atoms with van der Waals surface area (Å²) in [6.45, 7) is 3.81. The van der Waals surface area contributed by atoms with Gasteiger partial charge in [0, 0.05) is 56.4 Å². The van der Waals surface area contributed by atoms with Crippen molar-refractivity contribution in [2.75, 3.05) is 31.1 Å². The van der Waals surface area contributed by atoms with Crippen molar-refractivity contribution >= 4 is 5.95 Å². The third-order valence-corrected chi connectivity index (χ3v) is 5.73. The molecule has 1 aliphatic heterocycles. The van der Waals surface area contributed by atoms with Crippen LogP contribution < -0.4 is 4.90 Å². The van der Waals surface area contributed by atoms with Gasteiger partial charge in [-0.2, -0.15) is 9.78 Å². The van der Waals surface area contributed by atoms with Crippen LogP contribution in [0.15, 0.2) is 42.9 Å². The standard InChI is InChI=1S/C20H23N7O/c28-19-16-14-15(5-6-17(16)24-27(19)18-4-1-2-7-21-18)25-10-12-26(13-11-25)20-22-8-3-9-23-20/h1-4,7-9,15,28H,5-6,10-14H2. The molecule has 0 bridgehead atoms. The Morgan fingerprint density at radius 3 is 2.46 bits per heavy atom. The van der Waals surface area contributed by atoms with E-state index in [-0.39, 0.29) is 5.88 Å². The number of aromatic nitrogens is 5. The van der Waals surface area contributed by atoms with Gasteiger partial charge in [0.25, 0.3) is 0 Å². The summed E-state index contributed by atoms with van der Waals surface area (Å²) in [5.41, 5.74) is 1.96. The van der Waals surface area contributed by atoms with Gasteiger partial charge in [-0.15, -0.1) is 0 Å². The number of piperazine rings is 1. The van der Waals surface area contributed by atoms with Crippen LogP contribution in [0, 0.1) is 0 Å². The highest BCUT2D eigenvalue weighted by atomic mass is 16.3. The Labute approximate surface area is 163 Å². The van der Waals surface area contributed by atoms with Gasteiger partial charge >= 0.3 is 0 Å². The van der Waals surface area contributed by atoms with Crippen LogP contribution in [0.5, 0.6) is 5.88 Å². The van der Waals surface area contributed by atoms with Gasteiger partial charge in [-0.3, -0.25) is 4.90 Å². The van der Waals surface area contributed by atoms with Gasteiger partial charge in [0.1, 0.15) is 0 Å². The summed E-state index contributed by atoms with van der Waals surface area (Å²) in [6, 6.07) is 7.90. The normalized spacial score (nSPS) is 20.1. The van der Waals surface area contributed by atoms with Crippen LogP contribution in [0.4, 0.5) is 5.95 Å². The second kappa shape index (κ2) is 7.20. The average molecular weight is 377 g/mol. The maximum atomic E-state index is 10.8. The molecule has 1 aliphatic carbocycles. The lowest BCUT2D eigenvalue weighted by atomic mass is 9.91. The third-order valence-electron chi connectivity index (χ3n) is 5.73. The fraction of sp³-hybridized carbons (Fsp3) is 0.400. The van der Waals surface area contributed by atoms with Crippen molar-refractivity contribution in [1.29, 1.82) is 0 Å². The number of nitrogens with zero attached hydrogens (tertiary/aromatic N) is 7. The van der Waals surface area contributed by atoms with Gasteiger partial charge in [-0.1, -0.05) is 6.07 Å². The van der Waals surface area contributed by atoms with Crippen LogP contribution in [0.1, 0.15) is 17.7 Å². The molecule has 1 saturated heterocycles. The smallest absolute Gasteiger partial charge is 0.225 e. The van der Waals surface area contributed by atoms with Crippen LogP contribution in [0.25, 0.3) is 5.82 Å². The number of rotatable bonds is 3. The van der Waals surface area contributed by atoms with E-state index in [1.807, 2.05) is 24.3 Å². The highest BCUT2D eigenvalue weighted by Crippen LogP contribution is 2.32. The fourth-order valence-electron chi connectivity index (χ4n) is 4.23. The predicted octanol–water partition coefficient (Wildman–Crippen LogP) is 1.44. The minimum absolute atomic E-state index is 0.231. The van der Waals surface area contributed by atoms with Gasteiger partial charge in [0.05, 0.1) is 5.69 Å². The second-order valence-corrected chi connectivity index (χ2v) is 7.32. The van der Waals surface area contributed by atoms with E-state index >= 15 is 0 Å². The van der Waals surface area contributed by atoms with E-state index < -0.39 is 0 Å². The highest BCUT2D eigenvalue weighted by molar-refractivity contribution is 5.39. The summed E-state index contributed by atoms with van der Waals surface area (Å²) < 4.78 is 1.57. The molecule has 0 saturated carbocycles. The van der Waals surface area contributed by atoms with Crippen LogP contribution in [0.3, 0.4) is 0 Å². The van der Waals surface area contributed by atoms with E-state index in [1.54, 1.807) is 23.3 Å². The van der Waals surface area contributed by atoms with Crippen molar-refractivity contribution < 1.29 is 5.11 Å². The lowest BCUT2D eigenvalue weighted by Crippen LogP contribution is -2.52. The SMILES string of the molecule is Oc1c2c(nn1-c1ccccn1)CCC(N1CCN(c3ncccn3)CC1)C2. The number of pyridine rings is 1. The summed E-state index contributed by atoms with van der Waals surface area (Å²) in [7, 11) is 0. The van der Waals surface area contributed by atoms with Crippen LogP contribution in [-0.2, 0) is 12.8 Å². The third kappa shape index (κ3) is 3.09. The molecule has 1 fully saturated rings. The molecular formula is C20H23N7O. The minimum atomic E-state index is 0.231. The molecule has 144 valence electrons. The summed E-state index contributed by atoms with van der Waals surface area (Å²) in [6.07, 6.45) is 8.08. The summed E-state index contributed by atoms with van der Waals surface area (Å²) in [4.78, 5) is 17.8. The topological polar surface area (TPSA) is 83.2 Å². The van der Waals surface area contributed by atoms with E-state index in [4.69, 9.17) is 0 Å². The highest BCUT2D eigenvalue weighted by Gasteiger charge is 2.32. The second-order valence-electron chi connectivity index (χ2n) is 7.32. The first-order valence-corrected chi connectivity index (χ1v) is 9.77. The molecule has 0 spiro atoms. The lowest BCUT2D eigenvalue weighted by Gasteiger charge is -2.40. The molecule has 1 N–H and O–H groups in total. The zero-order chi connectivity index (χ0) is 18.9. The summed E-state index contributed by atoms with van der Waals surface area (Å²) >= 11 is 0. The molecule has 8 heteroatoms. The first kappa shape index (κ1) is 17.1. The average Bonchev–Trinajstić information content (AvgIpc) is 3.11. The van der Waals surface area contributed by atoms with Crippen molar-refractivity contribution in [1.82, 2.24) is 29.6 Å². The molecule has 0 aromatic carbocycles. The molecule has 3 aromatic rings. The molecule has 0 radical (unpaired) electrons. The molecule has 0 amide bonds. The minimum Gasteiger partial charge on any atom is -0.493 e. The number of aryl methyl sites for hydroxylation is 1.